The van der Waals surface area contributed by atoms with Gasteiger partial charge in [-0.15, -0.1) is 0 Å². The minimum absolute atomic E-state index is 0.0483. The van der Waals surface area contributed by atoms with Crippen molar-refractivity contribution in [2.75, 3.05) is 41.5 Å². The third-order valence-corrected chi connectivity index (χ3v) is 7.54. The van der Waals surface area contributed by atoms with Crippen molar-refractivity contribution in [3.8, 4) is 11.5 Å². The highest BCUT2D eigenvalue weighted by Gasteiger charge is 2.59. The maximum absolute atomic E-state index is 13.0. The Balaban J connectivity index is 1.95. The number of likely N-dealkylation sites (tertiary alicyclic amines) is 1. The molecule has 2 aliphatic carbocycles. The molecule has 0 radical (unpaired) electrons. The van der Waals surface area contributed by atoms with Crippen molar-refractivity contribution >= 4 is 11.8 Å². The van der Waals surface area contributed by atoms with E-state index in [9.17, 15) is 14.7 Å². The summed E-state index contributed by atoms with van der Waals surface area (Å²) in [6.45, 7) is 1.07. The van der Waals surface area contributed by atoms with Crippen LogP contribution in [0.5, 0.6) is 11.5 Å². The average Bonchev–Trinajstić information content (AvgIpc) is 2.79. The zero-order valence-corrected chi connectivity index (χ0v) is 18.1. The second-order valence-corrected chi connectivity index (χ2v) is 8.98. The van der Waals surface area contributed by atoms with Crippen molar-refractivity contribution in [2.45, 2.75) is 37.1 Å². The van der Waals surface area contributed by atoms with Gasteiger partial charge in [0.25, 0.3) is 0 Å². The predicted octanol–water partition coefficient (Wildman–Crippen LogP) is 2.10. The summed E-state index contributed by atoms with van der Waals surface area (Å²) in [7, 11) is 6.57. The lowest BCUT2D eigenvalue weighted by Gasteiger charge is -2.52. The molecule has 0 amide bonds. The summed E-state index contributed by atoms with van der Waals surface area (Å²) in [4.78, 5) is 25.2. The van der Waals surface area contributed by atoms with Crippen LogP contribution < -0.4 is 4.74 Å². The Bertz CT molecular complexity index is 925. The van der Waals surface area contributed by atoms with E-state index in [1.165, 1.54) is 21.3 Å². The van der Waals surface area contributed by atoms with E-state index >= 15 is 0 Å². The summed E-state index contributed by atoms with van der Waals surface area (Å²) in [5.41, 5.74) is 1.31. The van der Waals surface area contributed by atoms with Crippen molar-refractivity contribution < 1.29 is 33.4 Å². The summed E-state index contributed by atoms with van der Waals surface area (Å²) in [6, 6.07) is 3.83. The highest BCUT2D eigenvalue weighted by molar-refractivity contribution is 5.96. The highest BCUT2D eigenvalue weighted by atomic mass is 16.5. The number of esters is 1. The topological polar surface area (TPSA) is 82.1 Å². The minimum atomic E-state index is -0.540. The van der Waals surface area contributed by atoms with Crippen LogP contribution >= 0.6 is 0 Å². The number of carbonyl (C=O) groups excluding carboxylic acids is 2. The first-order valence-corrected chi connectivity index (χ1v) is 10.4. The molecule has 1 saturated heterocycles. The van der Waals surface area contributed by atoms with Crippen LogP contribution in [0.2, 0.25) is 0 Å². The molecule has 2 bridgehead atoms. The molecule has 3 aliphatic rings. The molecule has 0 saturated carbocycles. The molecule has 1 fully saturated rings. The van der Waals surface area contributed by atoms with E-state index in [-0.39, 0.29) is 42.4 Å². The Morgan fingerprint density at radius 2 is 2.03 bits per heavy atom. The lowest BCUT2D eigenvalue weighted by molar-refractivity contribution is -0.929. The van der Waals surface area contributed by atoms with Gasteiger partial charge in [0.2, 0.25) is 0 Å². The molecule has 1 aromatic rings. The summed E-state index contributed by atoms with van der Waals surface area (Å²) in [5.74, 6) is 0.587. The number of aromatic hydroxyl groups is 1. The average molecular weight is 416 g/mol. The molecule has 7 heteroatoms. The number of allylic oxidation sites excluding steroid dienone is 1. The maximum Gasteiger partial charge on any atom is 0.361 e. The van der Waals surface area contributed by atoms with E-state index in [1.54, 1.807) is 6.07 Å². The van der Waals surface area contributed by atoms with Crippen molar-refractivity contribution in [2.24, 2.45) is 5.92 Å². The fraction of sp³-hybridized carbons (Fsp3) is 0.565. The maximum atomic E-state index is 13.0. The predicted molar refractivity (Wildman–Crippen MR) is 109 cm³/mol. The van der Waals surface area contributed by atoms with Gasteiger partial charge in [0.15, 0.2) is 29.6 Å². The fourth-order valence-corrected chi connectivity index (χ4v) is 6.15. The van der Waals surface area contributed by atoms with Gasteiger partial charge in [-0.05, 0) is 30.5 Å². The molecule has 1 aliphatic heterocycles. The number of ether oxygens (including phenoxy) is 3. The molecule has 0 aromatic heterocycles. The Hall–Kier alpha value is -2.54. The number of nitrogens with zero attached hydrogens (tertiary/aromatic N) is 1. The van der Waals surface area contributed by atoms with Gasteiger partial charge < -0.3 is 23.8 Å². The zero-order valence-electron chi connectivity index (χ0n) is 18.1. The molecular weight excluding hydrogens is 386 g/mol. The van der Waals surface area contributed by atoms with Gasteiger partial charge in [0.05, 0.1) is 34.9 Å². The Labute approximate surface area is 176 Å². The molecule has 1 aromatic carbocycles. The monoisotopic (exact) mass is 416 g/mol. The van der Waals surface area contributed by atoms with Crippen LogP contribution in [0.3, 0.4) is 0 Å². The number of phenols is 1. The number of carbonyl (C=O) groups is 2. The van der Waals surface area contributed by atoms with Crippen LogP contribution in [-0.4, -0.2) is 68.9 Å². The van der Waals surface area contributed by atoms with E-state index in [1.807, 2.05) is 12.1 Å². The number of hydrogen-bond donors (Lipinski definition) is 1. The van der Waals surface area contributed by atoms with Crippen LogP contribution in [0.1, 0.15) is 30.4 Å². The molecule has 162 valence electrons. The van der Waals surface area contributed by atoms with E-state index < -0.39 is 5.41 Å². The molecule has 0 unspecified atom stereocenters. The number of methoxy groups -OCH3 is 3. The second-order valence-electron chi connectivity index (χ2n) is 8.98. The number of phenolic OH excluding ortho intramolecular Hbond substituents is 1. The van der Waals surface area contributed by atoms with Crippen molar-refractivity contribution in [1.82, 2.24) is 0 Å². The number of Topliss-reactive ketones (excluding diaryl/α,β-unsaturated/α-hetero) is 1. The molecule has 30 heavy (non-hydrogen) atoms. The third-order valence-electron chi connectivity index (χ3n) is 7.54. The zero-order chi connectivity index (χ0) is 21.7. The van der Waals surface area contributed by atoms with Crippen molar-refractivity contribution in [3.05, 3.63) is 35.1 Å². The third kappa shape index (κ3) is 2.90. The molecule has 1 heterocycles. The first kappa shape index (κ1) is 20.7. The van der Waals surface area contributed by atoms with Crippen LogP contribution in [0.15, 0.2) is 24.0 Å². The van der Waals surface area contributed by atoms with Gasteiger partial charge in [0.1, 0.15) is 6.04 Å². The largest absolute Gasteiger partial charge is 0.504 e. The number of ketones is 1. The van der Waals surface area contributed by atoms with Gasteiger partial charge in [-0.25, -0.2) is 4.79 Å². The minimum Gasteiger partial charge on any atom is -0.504 e. The van der Waals surface area contributed by atoms with E-state index in [2.05, 4.69) is 7.05 Å². The van der Waals surface area contributed by atoms with Gasteiger partial charge >= 0.3 is 5.97 Å². The molecule has 0 spiro atoms. The molecular formula is C23H30NO6+. The number of fused-ring (bicyclic) bond motifs is 1. The lowest BCUT2D eigenvalue weighted by Crippen LogP contribution is -2.62. The molecule has 4 atom stereocenters. The first-order chi connectivity index (χ1) is 14.3. The Morgan fingerprint density at radius 3 is 2.70 bits per heavy atom. The van der Waals surface area contributed by atoms with E-state index in [0.29, 0.717) is 22.4 Å². The molecule has 7 nitrogen and oxygen atoms in total. The number of rotatable bonds is 4. The fourth-order valence-electron chi connectivity index (χ4n) is 6.15. The normalized spacial score (nSPS) is 32.3. The second kappa shape index (κ2) is 7.30. The smallest absolute Gasteiger partial charge is 0.361 e. The van der Waals surface area contributed by atoms with Gasteiger partial charge in [-0.1, -0.05) is 6.07 Å². The van der Waals surface area contributed by atoms with Crippen LogP contribution in [0.25, 0.3) is 0 Å². The first-order valence-electron chi connectivity index (χ1n) is 10.4. The summed E-state index contributed by atoms with van der Waals surface area (Å²) >= 11 is 0. The van der Waals surface area contributed by atoms with Crippen molar-refractivity contribution in [1.29, 1.82) is 0 Å². The van der Waals surface area contributed by atoms with E-state index in [4.69, 9.17) is 14.2 Å². The van der Waals surface area contributed by atoms with Crippen LogP contribution in [0, 0.1) is 5.92 Å². The standard InChI is InChI=1S/C23H29NO6/c1-24(13-20(26)30-4)9-5-8-23-12-17(25)19(29-3)11-15(23)16(24)10-14-6-7-18(28-2)22(27)21(14)23/h6-7,11,15-16H,5,8-10,12-13H2,1-4H3/p+1/t15-,16-,23-,24-/m1/s1. The quantitative estimate of drug-likeness (QED) is 0.598. The van der Waals surface area contributed by atoms with E-state index in [0.717, 1.165) is 30.5 Å². The van der Waals surface area contributed by atoms with Gasteiger partial charge in [-0.2, -0.15) is 0 Å². The number of benzene rings is 1. The molecule has 4 rings (SSSR count). The van der Waals surface area contributed by atoms with Gasteiger partial charge in [-0.3, -0.25) is 4.79 Å². The van der Waals surface area contributed by atoms with Gasteiger partial charge in [0, 0.05) is 29.7 Å². The van der Waals surface area contributed by atoms with Crippen LogP contribution in [-0.2, 0) is 30.9 Å². The summed E-state index contributed by atoms with van der Waals surface area (Å²) in [6.07, 6.45) is 4.49. The summed E-state index contributed by atoms with van der Waals surface area (Å²) in [5, 5.41) is 11.1. The summed E-state index contributed by atoms with van der Waals surface area (Å²) < 4.78 is 16.3. The number of likely N-dealkylation sites (N-methyl/N-ethyl adjacent to an activating group) is 1. The number of hydrogen-bond acceptors (Lipinski definition) is 6. The Morgan fingerprint density at radius 1 is 1.27 bits per heavy atom. The Kier molecular flexibility index (Phi) is 5.04. The molecule has 1 N–H and O–H groups in total. The van der Waals surface area contributed by atoms with Crippen LogP contribution in [0.4, 0.5) is 0 Å². The number of quaternary nitrogens is 1. The SMILES string of the molecule is COC(=O)C[N@@+]1(C)CCC[C@@]23CC(=O)C(OC)=C[C@@H]2[C@H]1Cc1ccc(OC)c(O)c13. The van der Waals surface area contributed by atoms with Crippen molar-refractivity contribution in [3.63, 3.8) is 0 Å². The highest BCUT2D eigenvalue weighted by Crippen LogP contribution is 2.58. The lowest BCUT2D eigenvalue weighted by atomic mass is 9.55.